The van der Waals surface area contributed by atoms with Gasteiger partial charge in [0.1, 0.15) is 0 Å². The minimum Gasteiger partial charge on any atom is -0.466 e. The second kappa shape index (κ2) is 5.76. The van der Waals surface area contributed by atoms with Crippen molar-refractivity contribution >= 4 is 17.4 Å². The van der Waals surface area contributed by atoms with E-state index in [2.05, 4.69) is 0 Å². The molecule has 1 aliphatic heterocycles. The van der Waals surface area contributed by atoms with Crippen LogP contribution in [0.5, 0.6) is 0 Å². The van der Waals surface area contributed by atoms with Crippen molar-refractivity contribution < 1.29 is 22.7 Å². The van der Waals surface area contributed by atoms with E-state index in [1.807, 2.05) is 36.4 Å². The third-order valence-electron chi connectivity index (χ3n) is 4.65. The summed E-state index contributed by atoms with van der Waals surface area (Å²) in [4.78, 5) is 12.9. The van der Waals surface area contributed by atoms with Crippen LogP contribution in [-0.2, 0) is 15.7 Å². The summed E-state index contributed by atoms with van der Waals surface area (Å²) in [5, 5.41) is 0. The Morgan fingerprint density at radius 3 is 2.58 bits per heavy atom. The van der Waals surface area contributed by atoms with Crippen LogP contribution in [-0.4, -0.2) is 11.9 Å². The number of fused-ring (bicyclic) bond motifs is 1. The van der Waals surface area contributed by atoms with Crippen LogP contribution < -0.4 is 5.73 Å². The highest BCUT2D eigenvalue weighted by molar-refractivity contribution is 6.25. The molecule has 2 unspecified atom stereocenters. The van der Waals surface area contributed by atoms with E-state index in [1.165, 1.54) is 12.1 Å². The quantitative estimate of drug-likeness (QED) is 0.880. The van der Waals surface area contributed by atoms with Crippen LogP contribution >= 0.6 is 0 Å². The predicted octanol–water partition coefficient (Wildman–Crippen LogP) is 4.11. The Hall–Kier alpha value is -3.02. The molecule has 6 heteroatoms. The first kappa shape index (κ1) is 16.4. The molecule has 0 bridgehead atoms. The molecular weight excluding hydrogens is 343 g/mol. The van der Waals surface area contributed by atoms with Gasteiger partial charge in [-0.05, 0) is 28.8 Å². The highest BCUT2D eigenvalue weighted by Crippen LogP contribution is 2.41. The highest BCUT2D eigenvalue weighted by atomic mass is 19.4. The van der Waals surface area contributed by atoms with Gasteiger partial charge in [-0.3, -0.25) is 4.79 Å². The molecule has 2 aliphatic rings. The highest BCUT2D eigenvalue weighted by Gasteiger charge is 2.42. The number of ketones is 1. The van der Waals surface area contributed by atoms with E-state index in [9.17, 15) is 18.0 Å². The number of Topliss-reactive ketones (excluding diaryl/α,β-unsaturated/α-hetero) is 1. The average Bonchev–Trinajstić information content (AvgIpc) is 3.15. The summed E-state index contributed by atoms with van der Waals surface area (Å²) in [5.41, 5.74) is 7.06. The standard InChI is InChI=1S/C20H14F3NO2/c21-20(22,23)13-6-3-5-12(10-13)16-17(25)18(26-19(16)24)15-9-8-11-4-1-2-7-14(11)15/h1-10,15,18H,24H2. The number of hydrogen-bond acceptors (Lipinski definition) is 3. The fourth-order valence-corrected chi connectivity index (χ4v) is 3.43. The Morgan fingerprint density at radius 2 is 1.81 bits per heavy atom. The lowest BCUT2D eigenvalue weighted by Crippen LogP contribution is -2.25. The van der Waals surface area contributed by atoms with E-state index >= 15 is 0 Å². The first-order valence-electron chi connectivity index (χ1n) is 8.01. The summed E-state index contributed by atoms with van der Waals surface area (Å²) in [7, 11) is 0. The van der Waals surface area contributed by atoms with E-state index in [0.717, 1.165) is 23.3 Å². The van der Waals surface area contributed by atoms with E-state index in [0.29, 0.717) is 0 Å². The van der Waals surface area contributed by atoms with Crippen LogP contribution in [0.1, 0.15) is 28.2 Å². The maximum Gasteiger partial charge on any atom is 0.416 e. The first-order valence-corrected chi connectivity index (χ1v) is 8.01. The van der Waals surface area contributed by atoms with Crippen molar-refractivity contribution in [1.29, 1.82) is 0 Å². The smallest absolute Gasteiger partial charge is 0.416 e. The molecule has 0 aromatic heterocycles. The zero-order chi connectivity index (χ0) is 18.5. The number of hydrogen-bond donors (Lipinski definition) is 1. The third-order valence-corrected chi connectivity index (χ3v) is 4.65. The third kappa shape index (κ3) is 2.58. The minimum absolute atomic E-state index is 0.00104. The van der Waals surface area contributed by atoms with Crippen LogP contribution in [0.3, 0.4) is 0 Å². The molecule has 2 N–H and O–H groups in total. The lowest BCUT2D eigenvalue weighted by atomic mass is 9.89. The number of ether oxygens (including phenoxy) is 1. The molecule has 1 heterocycles. The van der Waals surface area contributed by atoms with Gasteiger partial charge in [-0.15, -0.1) is 0 Å². The van der Waals surface area contributed by atoms with Crippen LogP contribution in [0.15, 0.2) is 60.5 Å². The second-order valence-corrected chi connectivity index (χ2v) is 6.23. The fraction of sp³-hybridized carbons (Fsp3) is 0.150. The van der Waals surface area contributed by atoms with Crippen LogP contribution in [0.25, 0.3) is 11.6 Å². The van der Waals surface area contributed by atoms with Crippen molar-refractivity contribution in [2.75, 3.05) is 0 Å². The summed E-state index contributed by atoms with van der Waals surface area (Å²) in [5.74, 6) is -0.870. The number of rotatable bonds is 2. The molecule has 4 rings (SSSR count). The van der Waals surface area contributed by atoms with Crippen LogP contribution in [0.4, 0.5) is 13.2 Å². The van der Waals surface area contributed by atoms with E-state index in [4.69, 9.17) is 10.5 Å². The van der Waals surface area contributed by atoms with Gasteiger partial charge in [-0.1, -0.05) is 48.6 Å². The molecule has 1 aliphatic carbocycles. The van der Waals surface area contributed by atoms with Crippen LogP contribution in [0.2, 0.25) is 0 Å². The lowest BCUT2D eigenvalue weighted by Gasteiger charge is -2.18. The average molecular weight is 357 g/mol. The number of nitrogens with two attached hydrogens (primary N) is 1. The molecule has 0 fully saturated rings. The van der Waals surface area contributed by atoms with Gasteiger partial charge in [0, 0.05) is 5.92 Å². The number of carbonyl (C=O) groups excluding carboxylic acids is 1. The van der Waals surface area contributed by atoms with E-state index in [1.54, 1.807) is 0 Å². The molecule has 2 atom stereocenters. The topological polar surface area (TPSA) is 52.3 Å². The van der Waals surface area contributed by atoms with Crippen molar-refractivity contribution in [3.8, 4) is 0 Å². The largest absolute Gasteiger partial charge is 0.466 e. The molecule has 26 heavy (non-hydrogen) atoms. The second-order valence-electron chi connectivity index (χ2n) is 6.23. The maximum absolute atomic E-state index is 13.0. The van der Waals surface area contributed by atoms with Gasteiger partial charge in [-0.2, -0.15) is 13.2 Å². The minimum atomic E-state index is -4.50. The molecule has 0 radical (unpaired) electrons. The molecule has 0 amide bonds. The van der Waals surface area contributed by atoms with Crippen LogP contribution in [0, 0.1) is 0 Å². The van der Waals surface area contributed by atoms with Crippen molar-refractivity contribution in [1.82, 2.24) is 0 Å². The summed E-state index contributed by atoms with van der Waals surface area (Å²) in [6.45, 7) is 0. The van der Waals surface area contributed by atoms with Crippen molar-refractivity contribution in [2.24, 2.45) is 5.73 Å². The van der Waals surface area contributed by atoms with Gasteiger partial charge in [-0.25, -0.2) is 0 Å². The summed E-state index contributed by atoms with van der Waals surface area (Å²) >= 11 is 0. The van der Waals surface area contributed by atoms with Gasteiger partial charge < -0.3 is 10.5 Å². The number of halogens is 3. The van der Waals surface area contributed by atoms with Gasteiger partial charge >= 0.3 is 6.18 Å². The monoisotopic (exact) mass is 357 g/mol. The Morgan fingerprint density at radius 1 is 1.04 bits per heavy atom. The Labute approximate surface area is 147 Å². The van der Waals surface area contributed by atoms with Gasteiger partial charge in [0.05, 0.1) is 11.1 Å². The summed E-state index contributed by atoms with van der Waals surface area (Å²) in [6.07, 6.45) is -1.62. The maximum atomic E-state index is 13.0. The van der Waals surface area contributed by atoms with Crippen molar-refractivity contribution in [2.45, 2.75) is 18.2 Å². The molecule has 0 saturated heterocycles. The lowest BCUT2D eigenvalue weighted by molar-refractivity contribution is -0.137. The normalized spacial score (nSPS) is 21.9. The molecule has 132 valence electrons. The Bertz CT molecular complexity index is 960. The van der Waals surface area contributed by atoms with E-state index < -0.39 is 23.6 Å². The predicted molar refractivity (Wildman–Crippen MR) is 90.6 cm³/mol. The zero-order valence-electron chi connectivity index (χ0n) is 13.5. The molecule has 2 aromatic carbocycles. The van der Waals surface area contributed by atoms with Gasteiger partial charge in [0.15, 0.2) is 12.0 Å². The Kier molecular flexibility index (Phi) is 3.64. The molecule has 0 saturated carbocycles. The number of benzene rings is 2. The summed E-state index contributed by atoms with van der Waals surface area (Å²) < 4.78 is 44.5. The number of carbonyl (C=O) groups is 1. The fourth-order valence-electron chi connectivity index (χ4n) is 3.43. The zero-order valence-corrected chi connectivity index (χ0v) is 13.5. The molecule has 3 nitrogen and oxygen atoms in total. The molecule has 0 spiro atoms. The molecule has 2 aromatic rings. The van der Waals surface area contributed by atoms with E-state index in [-0.39, 0.29) is 22.9 Å². The molecular formula is C20H14F3NO2. The Balaban J connectivity index is 1.68. The van der Waals surface area contributed by atoms with Crippen molar-refractivity contribution in [3.05, 3.63) is 82.7 Å². The van der Waals surface area contributed by atoms with Crippen molar-refractivity contribution in [3.63, 3.8) is 0 Å². The first-order chi connectivity index (χ1) is 12.4. The number of alkyl halides is 3. The van der Waals surface area contributed by atoms with Gasteiger partial charge in [0.2, 0.25) is 5.78 Å². The van der Waals surface area contributed by atoms with Gasteiger partial charge in [0.25, 0.3) is 0 Å². The summed E-state index contributed by atoms with van der Waals surface area (Å²) in [6, 6.07) is 12.1. The SMILES string of the molecule is NC1=C(c2cccc(C(F)(F)F)c2)C(=O)C(C2C=Cc3ccccc32)O1.